The second kappa shape index (κ2) is 6.31. The largest absolute Gasteiger partial charge is 0.456 e. The third-order valence-electron chi connectivity index (χ3n) is 3.18. The lowest BCUT2D eigenvalue weighted by molar-refractivity contribution is -0.384. The first-order valence-electron chi connectivity index (χ1n) is 6.39. The van der Waals surface area contributed by atoms with Gasteiger partial charge in [-0.1, -0.05) is 20.3 Å². The molecule has 0 aliphatic heterocycles. The van der Waals surface area contributed by atoms with Crippen LogP contribution in [0, 0.1) is 10.1 Å². The van der Waals surface area contributed by atoms with Crippen molar-refractivity contribution in [2.75, 3.05) is 0 Å². The number of benzene rings is 1. The summed E-state index contributed by atoms with van der Waals surface area (Å²) in [6, 6.07) is 5.45. The molecular weight excluding hydrogens is 246 g/mol. The fourth-order valence-corrected chi connectivity index (χ4v) is 1.83. The maximum atomic E-state index is 12.0. The molecule has 104 valence electrons. The van der Waals surface area contributed by atoms with Crippen molar-refractivity contribution in [3.63, 3.8) is 0 Å². The number of non-ortho nitro benzene ring substituents is 1. The highest BCUT2D eigenvalue weighted by Gasteiger charge is 2.26. The van der Waals surface area contributed by atoms with Gasteiger partial charge in [-0.3, -0.25) is 10.1 Å². The molecule has 0 aliphatic carbocycles. The number of ether oxygens (including phenoxy) is 1. The van der Waals surface area contributed by atoms with Crippen molar-refractivity contribution in [3.8, 4) is 0 Å². The summed E-state index contributed by atoms with van der Waals surface area (Å²) in [5.74, 6) is -0.437. The van der Waals surface area contributed by atoms with Crippen LogP contribution in [0.25, 0.3) is 0 Å². The number of nitro groups is 1. The van der Waals surface area contributed by atoms with Crippen LogP contribution in [-0.2, 0) is 4.74 Å². The van der Waals surface area contributed by atoms with Gasteiger partial charge in [-0.05, 0) is 31.9 Å². The van der Waals surface area contributed by atoms with Gasteiger partial charge in [-0.15, -0.1) is 0 Å². The topological polar surface area (TPSA) is 69.4 Å². The minimum absolute atomic E-state index is 0.0386. The Morgan fingerprint density at radius 2 is 1.89 bits per heavy atom. The summed E-state index contributed by atoms with van der Waals surface area (Å²) in [6.07, 6.45) is 2.46. The monoisotopic (exact) mass is 265 g/mol. The SMILES string of the molecule is CCC[C@@](C)(CC)OC(=O)c1ccc([N+](=O)[O-])cc1. The molecule has 0 unspecified atom stereocenters. The third kappa shape index (κ3) is 4.05. The van der Waals surface area contributed by atoms with Crippen LogP contribution in [0.2, 0.25) is 0 Å². The van der Waals surface area contributed by atoms with Gasteiger partial charge in [0.2, 0.25) is 0 Å². The molecule has 0 bridgehead atoms. The van der Waals surface area contributed by atoms with Crippen molar-refractivity contribution in [1.82, 2.24) is 0 Å². The van der Waals surface area contributed by atoms with Crippen molar-refractivity contribution < 1.29 is 14.5 Å². The van der Waals surface area contributed by atoms with Gasteiger partial charge in [-0.2, -0.15) is 0 Å². The second-order valence-electron chi connectivity index (χ2n) is 4.75. The van der Waals surface area contributed by atoms with Crippen molar-refractivity contribution in [3.05, 3.63) is 39.9 Å². The Morgan fingerprint density at radius 1 is 1.32 bits per heavy atom. The van der Waals surface area contributed by atoms with E-state index in [1.54, 1.807) is 0 Å². The summed E-state index contributed by atoms with van der Waals surface area (Å²) < 4.78 is 5.51. The normalized spacial score (nSPS) is 13.6. The summed E-state index contributed by atoms with van der Waals surface area (Å²) >= 11 is 0. The fourth-order valence-electron chi connectivity index (χ4n) is 1.83. The second-order valence-corrected chi connectivity index (χ2v) is 4.75. The van der Waals surface area contributed by atoms with Crippen LogP contribution in [0.15, 0.2) is 24.3 Å². The van der Waals surface area contributed by atoms with E-state index in [1.165, 1.54) is 24.3 Å². The number of nitrogens with zero attached hydrogens (tertiary/aromatic N) is 1. The van der Waals surface area contributed by atoms with E-state index in [0.29, 0.717) is 5.56 Å². The van der Waals surface area contributed by atoms with Gasteiger partial charge >= 0.3 is 5.97 Å². The van der Waals surface area contributed by atoms with Crippen LogP contribution >= 0.6 is 0 Å². The predicted molar refractivity (Wildman–Crippen MR) is 72.1 cm³/mol. The molecule has 0 aromatic heterocycles. The summed E-state index contributed by atoms with van der Waals surface area (Å²) in [7, 11) is 0. The fraction of sp³-hybridized carbons (Fsp3) is 0.500. The minimum atomic E-state index is -0.498. The lowest BCUT2D eigenvalue weighted by Gasteiger charge is -2.28. The number of carbonyl (C=O) groups excluding carboxylic acids is 1. The predicted octanol–water partition coefficient (Wildman–Crippen LogP) is 3.72. The molecule has 1 rings (SSSR count). The molecule has 0 heterocycles. The quantitative estimate of drug-likeness (QED) is 0.446. The van der Waals surface area contributed by atoms with E-state index in [4.69, 9.17) is 4.74 Å². The highest BCUT2D eigenvalue weighted by atomic mass is 16.6. The Labute approximate surface area is 112 Å². The van der Waals surface area contributed by atoms with E-state index < -0.39 is 16.5 Å². The number of rotatable bonds is 6. The van der Waals surface area contributed by atoms with Crippen LogP contribution in [-0.4, -0.2) is 16.5 Å². The first-order chi connectivity index (χ1) is 8.91. The molecule has 5 heteroatoms. The lowest BCUT2D eigenvalue weighted by atomic mass is 9.97. The molecule has 0 radical (unpaired) electrons. The molecule has 0 fully saturated rings. The zero-order chi connectivity index (χ0) is 14.5. The van der Waals surface area contributed by atoms with Crippen molar-refractivity contribution in [2.45, 2.75) is 45.6 Å². The van der Waals surface area contributed by atoms with Gasteiger partial charge in [0.25, 0.3) is 5.69 Å². The molecular formula is C14H19NO4. The zero-order valence-corrected chi connectivity index (χ0v) is 11.5. The highest BCUT2D eigenvalue weighted by molar-refractivity contribution is 5.89. The Bertz CT molecular complexity index is 455. The molecule has 0 saturated carbocycles. The zero-order valence-electron chi connectivity index (χ0n) is 11.5. The highest BCUT2D eigenvalue weighted by Crippen LogP contribution is 2.23. The average molecular weight is 265 g/mol. The molecule has 0 spiro atoms. The van der Waals surface area contributed by atoms with E-state index >= 15 is 0 Å². The van der Waals surface area contributed by atoms with Gasteiger partial charge in [0.05, 0.1) is 10.5 Å². The average Bonchev–Trinajstić information content (AvgIpc) is 2.39. The van der Waals surface area contributed by atoms with Gasteiger partial charge < -0.3 is 4.74 Å². The molecule has 0 aliphatic rings. The maximum absolute atomic E-state index is 12.0. The Balaban J connectivity index is 2.80. The van der Waals surface area contributed by atoms with Crippen LogP contribution < -0.4 is 0 Å². The van der Waals surface area contributed by atoms with Gasteiger partial charge in [0.1, 0.15) is 5.60 Å². The third-order valence-corrected chi connectivity index (χ3v) is 3.18. The maximum Gasteiger partial charge on any atom is 0.338 e. The molecule has 1 aromatic rings. The number of hydrogen-bond donors (Lipinski definition) is 0. The first-order valence-corrected chi connectivity index (χ1v) is 6.39. The van der Waals surface area contributed by atoms with E-state index in [0.717, 1.165) is 19.3 Å². The minimum Gasteiger partial charge on any atom is -0.456 e. The lowest BCUT2D eigenvalue weighted by Crippen LogP contribution is -2.30. The van der Waals surface area contributed by atoms with Crippen molar-refractivity contribution in [1.29, 1.82) is 0 Å². The summed E-state index contributed by atoms with van der Waals surface area (Å²) in [5, 5.41) is 10.5. The summed E-state index contributed by atoms with van der Waals surface area (Å²) in [4.78, 5) is 22.0. The molecule has 0 N–H and O–H groups in total. The van der Waals surface area contributed by atoms with Crippen molar-refractivity contribution >= 4 is 11.7 Å². The van der Waals surface area contributed by atoms with E-state index in [2.05, 4.69) is 0 Å². The summed E-state index contributed by atoms with van der Waals surface area (Å²) in [5.41, 5.74) is -0.183. The van der Waals surface area contributed by atoms with E-state index in [9.17, 15) is 14.9 Å². The Hall–Kier alpha value is -1.91. The van der Waals surface area contributed by atoms with Crippen LogP contribution in [0.1, 0.15) is 50.4 Å². The smallest absolute Gasteiger partial charge is 0.338 e. The standard InChI is InChI=1S/C14H19NO4/c1-4-10-14(3,5-2)19-13(16)11-6-8-12(9-7-11)15(17)18/h6-9H,4-5,10H2,1-3H3/t14-/m1/s1. The van der Waals surface area contributed by atoms with Crippen LogP contribution in [0.4, 0.5) is 5.69 Å². The Kier molecular flexibility index (Phi) is 5.03. The molecule has 1 atom stereocenters. The number of hydrogen-bond acceptors (Lipinski definition) is 4. The van der Waals surface area contributed by atoms with E-state index in [1.807, 2.05) is 20.8 Å². The van der Waals surface area contributed by atoms with Crippen molar-refractivity contribution in [2.24, 2.45) is 0 Å². The summed E-state index contributed by atoms with van der Waals surface area (Å²) in [6.45, 7) is 5.91. The van der Waals surface area contributed by atoms with Crippen LogP contribution in [0.3, 0.4) is 0 Å². The molecule has 19 heavy (non-hydrogen) atoms. The number of carbonyl (C=O) groups is 1. The molecule has 1 aromatic carbocycles. The Morgan fingerprint density at radius 3 is 2.32 bits per heavy atom. The molecule has 0 saturated heterocycles. The van der Waals surface area contributed by atoms with Gasteiger partial charge in [0, 0.05) is 12.1 Å². The number of esters is 1. The van der Waals surface area contributed by atoms with E-state index in [-0.39, 0.29) is 5.69 Å². The first kappa shape index (κ1) is 15.1. The van der Waals surface area contributed by atoms with Crippen LogP contribution in [0.5, 0.6) is 0 Å². The van der Waals surface area contributed by atoms with Gasteiger partial charge in [-0.25, -0.2) is 4.79 Å². The number of nitro benzene ring substituents is 1. The molecule has 0 amide bonds. The van der Waals surface area contributed by atoms with Gasteiger partial charge in [0.15, 0.2) is 0 Å². The molecule has 5 nitrogen and oxygen atoms in total.